The molecule has 4 aromatic carbocycles. The number of phenolic OH excluding ortho intramolecular Hbond substituents is 6. The van der Waals surface area contributed by atoms with Crippen LogP contribution in [0.25, 0.3) is 0 Å². The summed E-state index contributed by atoms with van der Waals surface area (Å²) >= 11 is 0. The van der Waals surface area contributed by atoms with Crippen LogP contribution < -0.4 is 4.74 Å². The van der Waals surface area contributed by atoms with Gasteiger partial charge in [-0.1, -0.05) is 24.3 Å². The molecule has 9 heteroatoms. The van der Waals surface area contributed by atoms with Gasteiger partial charge < -0.3 is 40.5 Å². The summed E-state index contributed by atoms with van der Waals surface area (Å²) in [5, 5.41) is 74.3. The van der Waals surface area contributed by atoms with Crippen LogP contribution in [0.4, 0.5) is 0 Å². The van der Waals surface area contributed by atoms with Crippen LogP contribution in [0.3, 0.4) is 0 Å². The van der Waals surface area contributed by atoms with E-state index in [2.05, 4.69) is 0 Å². The van der Waals surface area contributed by atoms with Crippen molar-refractivity contribution in [1.29, 1.82) is 0 Å². The summed E-state index contributed by atoms with van der Waals surface area (Å²) < 4.78 is 6.03. The Bertz CT molecular complexity index is 1590. The van der Waals surface area contributed by atoms with E-state index in [1.165, 1.54) is 60.7 Å². The summed E-state index contributed by atoms with van der Waals surface area (Å²) in [6.07, 6.45) is -2.79. The second-order valence-corrected chi connectivity index (χ2v) is 9.54. The Labute approximate surface area is 215 Å². The Hall–Kier alpha value is -4.89. The summed E-state index contributed by atoms with van der Waals surface area (Å²) in [5.41, 5.74) is -1.27. The van der Waals surface area contributed by atoms with Gasteiger partial charge in [0.2, 0.25) is 0 Å². The number of phenols is 6. The number of carbonyl (C=O) groups excluding carboxylic acids is 1. The van der Waals surface area contributed by atoms with E-state index in [1.807, 2.05) is 0 Å². The van der Waals surface area contributed by atoms with Gasteiger partial charge in [-0.25, -0.2) is 0 Å². The molecule has 192 valence electrons. The highest BCUT2D eigenvalue weighted by Gasteiger charge is 2.65. The van der Waals surface area contributed by atoms with Gasteiger partial charge in [0.15, 0.2) is 11.9 Å². The first kappa shape index (κ1) is 23.5. The fourth-order valence-corrected chi connectivity index (χ4v) is 5.99. The highest BCUT2D eigenvalue weighted by molar-refractivity contribution is 6.04. The first-order chi connectivity index (χ1) is 18.1. The molecular formula is C29H22O9. The monoisotopic (exact) mass is 514 g/mol. The lowest BCUT2D eigenvalue weighted by Gasteiger charge is -2.43. The molecule has 1 heterocycles. The maximum Gasteiger partial charge on any atom is 0.193 e. The molecule has 1 aliphatic carbocycles. The van der Waals surface area contributed by atoms with Crippen molar-refractivity contribution in [3.8, 4) is 40.2 Å². The van der Waals surface area contributed by atoms with Crippen molar-refractivity contribution in [2.45, 2.75) is 23.5 Å². The van der Waals surface area contributed by atoms with Crippen LogP contribution in [0, 0.1) is 0 Å². The van der Waals surface area contributed by atoms with E-state index < -0.39 is 40.8 Å². The predicted molar refractivity (Wildman–Crippen MR) is 133 cm³/mol. The summed E-state index contributed by atoms with van der Waals surface area (Å²) in [6, 6.07) is 16.1. The first-order valence-electron chi connectivity index (χ1n) is 11.7. The van der Waals surface area contributed by atoms with Crippen LogP contribution in [0.5, 0.6) is 40.2 Å². The summed E-state index contributed by atoms with van der Waals surface area (Å²) in [6.45, 7) is 0. The highest BCUT2D eigenvalue weighted by Crippen LogP contribution is 2.67. The number of rotatable bonds is 2. The molecule has 0 saturated heterocycles. The number of aliphatic hydroxyl groups excluding tert-OH is 1. The van der Waals surface area contributed by atoms with Crippen molar-refractivity contribution >= 4 is 5.78 Å². The molecule has 0 aromatic heterocycles. The molecule has 1 spiro atoms. The third kappa shape index (κ3) is 3.12. The molecule has 0 fully saturated rings. The Kier molecular flexibility index (Phi) is 4.98. The average Bonchev–Trinajstić information content (AvgIpc) is 3.11. The number of carbonyl (C=O) groups is 1. The minimum atomic E-state index is -1.96. The van der Waals surface area contributed by atoms with Gasteiger partial charge in [-0.15, -0.1) is 0 Å². The van der Waals surface area contributed by atoms with Crippen LogP contribution in [0.15, 0.2) is 72.8 Å². The number of hydrogen-bond acceptors (Lipinski definition) is 9. The third-order valence-corrected chi connectivity index (χ3v) is 7.41. The minimum Gasteiger partial charge on any atom is -0.508 e. The minimum absolute atomic E-state index is 0.0276. The standard InChI is InChI=1S/C29H22O9/c30-15-5-1-13(2-6-15)23-26(36)19-9-17(32)10-20(34)24(19)29(23)25-21(35)11-18(33)12-22(25)38-27(28(29)37)14-3-7-16(31)8-4-14/h1-12,23,26-27,30-36H/t23-,26+,27-,29-/m1/s1. The normalized spacial score (nSPS) is 23.6. The summed E-state index contributed by atoms with van der Waals surface area (Å²) in [4.78, 5) is 14.7. The fourth-order valence-electron chi connectivity index (χ4n) is 5.99. The second kappa shape index (κ2) is 8.06. The Morgan fingerprint density at radius 1 is 0.632 bits per heavy atom. The molecule has 0 radical (unpaired) electrons. The van der Waals surface area contributed by atoms with Crippen LogP contribution >= 0.6 is 0 Å². The van der Waals surface area contributed by atoms with Gasteiger partial charge in [0.25, 0.3) is 0 Å². The van der Waals surface area contributed by atoms with Crippen LogP contribution in [-0.4, -0.2) is 41.5 Å². The van der Waals surface area contributed by atoms with Crippen molar-refractivity contribution in [2.24, 2.45) is 0 Å². The number of ketones is 1. The number of aromatic hydroxyl groups is 6. The van der Waals surface area contributed by atoms with Crippen LogP contribution in [-0.2, 0) is 10.2 Å². The van der Waals surface area contributed by atoms with Gasteiger partial charge in [-0.05, 0) is 41.5 Å². The quantitative estimate of drug-likeness (QED) is 0.211. The van der Waals surface area contributed by atoms with Gasteiger partial charge in [0.05, 0.1) is 11.7 Å². The number of aliphatic hydroxyl groups is 1. The molecule has 0 bridgehead atoms. The number of Topliss-reactive ketones (excluding diaryl/α,β-unsaturated/α-hetero) is 1. The number of hydrogen-bond donors (Lipinski definition) is 7. The van der Waals surface area contributed by atoms with Crippen molar-refractivity contribution in [3.63, 3.8) is 0 Å². The third-order valence-electron chi connectivity index (χ3n) is 7.41. The van der Waals surface area contributed by atoms with Crippen LogP contribution in [0.1, 0.15) is 45.9 Å². The number of benzene rings is 4. The lowest BCUT2D eigenvalue weighted by Crippen LogP contribution is -2.48. The Morgan fingerprint density at radius 2 is 1.16 bits per heavy atom. The van der Waals surface area contributed by atoms with Crippen molar-refractivity contribution in [3.05, 3.63) is 101 Å². The molecule has 0 saturated carbocycles. The van der Waals surface area contributed by atoms with E-state index in [9.17, 15) is 40.5 Å². The molecule has 4 atom stereocenters. The molecule has 0 unspecified atom stereocenters. The first-order valence-corrected chi connectivity index (χ1v) is 11.7. The molecule has 7 N–H and O–H groups in total. The maximum absolute atomic E-state index is 14.7. The Balaban J connectivity index is 1.75. The van der Waals surface area contributed by atoms with Gasteiger partial charge in [-0.3, -0.25) is 4.79 Å². The van der Waals surface area contributed by atoms with E-state index >= 15 is 0 Å². The molecule has 9 nitrogen and oxygen atoms in total. The molecule has 2 aliphatic rings. The van der Waals surface area contributed by atoms with E-state index in [4.69, 9.17) is 4.74 Å². The fraction of sp³-hybridized carbons (Fsp3) is 0.138. The highest BCUT2D eigenvalue weighted by atomic mass is 16.5. The van der Waals surface area contributed by atoms with E-state index in [1.54, 1.807) is 0 Å². The van der Waals surface area contributed by atoms with Gasteiger partial charge in [0, 0.05) is 35.2 Å². The van der Waals surface area contributed by atoms with Crippen molar-refractivity contribution < 1.29 is 45.3 Å². The zero-order valence-electron chi connectivity index (χ0n) is 19.6. The van der Waals surface area contributed by atoms with Gasteiger partial charge in [-0.2, -0.15) is 0 Å². The largest absolute Gasteiger partial charge is 0.508 e. The second-order valence-electron chi connectivity index (χ2n) is 9.54. The predicted octanol–water partition coefficient (Wildman–Crippen LogP) is 3.74. The zero-order chi connectivity index (χ0) is 26.9. The van der Waals surface area contributed by atoms with E-state index in [-0.39, 0.29) is 45.4 Å². The van der Waals surface area contributed by atoms with Gasteiger partial charge in [0.1, 0.15) is 45.7 Å². The molecule has 1 aliphatic heterocycles. The SMILES string of the molecule is O=C1[C@@H](c2ccc(O)cc2)Oc2cc(O)cc(O)c2[C@@]12c1c(O)cc(O)cc1[C@H](O)[C@H]2c1ccc(O)cc1. The van der Waals surface area contributed by atoms with E-state index in [0.29, 0.717) is 11.1 Å². The maximum atomic E-state index is 14.7. The zero-order valence-corrected chi connectivity index (χ0v) is 19.6. The number of ether oxygens (including phenoxy) is 1. The number of fused-ring (bicyclic) bond motifs is 4. The smallest absolute Gasteiger partial charge is 0.193 e. The molecule has 0 amide bonds. The van der Waals surface area contributed by atoms with E-state index in [0.717, 1.165) is 12.1 Å². The van der Waals surface area contributed by atoms with Crippen molar-refractivity contribution in [1.82, 2.24) is 0 Å². The summed E-state index contributed by atoms with van der Waals surface area (Å²) in [5.74, 6) is -3.63. The lowest BCUT2D eigenvalue weighted by atomic mass is 9.61. The molecule has 6 rings (SSSR count). The average molecular weight is 514 g/mol. The molecule has 4 aromatic rings. The van der Waals surface area contributed by atoms with Gasteiger partial charge >= 0.3 is 0 Å². The van der Waals surface area contributed by atoms with Crippen molar-refractivity contribution in [2.75, 3.05) is 0 Å². The van der Waals surface area contributed by atoms with Crippen LogP contribution in [0.2, 0.25) is 0 Å². The lowest BCUT2D eigenvalue weighted by molar-refractivity contribution is -0.134. The summed E-state index contributed by atoms with van der Waals surface area (Å²) in [7, 11) is 0. The Morgan fingerprint density at radius 3 is 1.76 bits per heavy atom. The molecular weight excluding hydrogens is 492 g/mol. The topological polar surface area (TPSA) is 168 Å². The molecule has 38 heavy (non-hydrogen) atoms.